The summed E-state index contributed by atoms with van der Waals surface area (Å²) in [5.41, 5.74) is 2.00. The summed E-state index contributed by atoms with van der Waals surface area (Å²) in [5.74, 6) is 3.99. The van der Waals surface area contributed by atoms with Crippen LogP contribution in [-0.4, -0.2) is 34.0 Å². The molecule has 0 aliphatic rings. The van der Waals surface area contributed by atoms with Crippen molar-refractivity contribution in [1.82, 2.24) is 15.0 Å². The Morgan fingerprint density at radius 1 is 1.07 bits per heavy atom. The van der Waals surface area contributed by atoms with E-state index >= 15 is 0 Å². The van der Waals surface area contributed by atoms with Gasteiger partial charge in [-0.05, 0) is 24.3 Å². The Labute approximate surface area is 155 Å². The highest BCUT2D eigenvalue weighted by Gasteiger charge is 2.14. The molecule has 0 spiro atoms. The maximum absolute atomic E-state index is 11.8. The van der Waals surface area contributed by atoms with Gasteiger partial charge in [0.25, 0.3) is 0 Å². The SMILES string of the molecule is COC(=O)c1ccccc1-n1cc(COC(=O)C#Cc2ccccc2)nn1. The van der Waals surface area contributed by atoms with Crippen LogP contribution in [0.4, 0.5) is 0 Å². The summed E-state index contributed by atoms with van der Waals surface area (Å²) in [5, 5.41) is 7.91. The van der Waals surface area contributed by atoms with Crippen molar-refractivity contribution in [2.24, 2.45) is 0 Å². The van der Waals surface area contributed by atoms with Gasteiger partial charge in [-0.1, -0.05) is 41.5 Å². The summed E-state index contributed by atoms with van der Waals surface area (Å²) in [7, 11) is 1.31. The van der Waals surface area contributed by atoms with E-state index in [0.717, 1.165) is 5.56 Å². The van der Waals surface area contributed by atoms with Crippen molar-refractivity contribution >= 4 is 11.9 Å². The summed E-state index contributed by atoms with van der Waals surface area (Å²) < 4.78 is 11.3. The smallest absolute Gasteiger partial charge is 0.385 e. The van der Waals surface area contributed by atoms with E-state index < -0.39 is 11.9 Å². The number of esters is 2. The first-order valence-electron chi connectivity index (χ1n) is 8.00. The molecule has 27 heavy (non-hydrogen) atoms. The van der Waals surface area contributed by atoms with Crippen LogP contribution in [0.5, 0.6) is 0 Å². The summed E-state index contributed by atoms with van der Waals surface area (Å²) in [6.45, 7) is -0.0807. The molecule has 0 aliphatic heterocycles. The van der Waals surface area contributed by atoms with Gasteiger partial charge in [-0.25, -0.2) is 14.3 Å². The van der Waals surface area contributed by atoms with Gasteiger partial charge in [-0.15, -0.1) is 5.10 Å². The van der Waals surface area contributed by atoms with E-state index in [4.69, 9.17) is 9.47 Å². The molecule has 7 nitrogen and oxygen atoms in total. The number of aromatic nitrogens is 3. The molecule has 0 amide bonds. The van der Waals surface area contributed by atoms with Crippen LogP contribution in [0.25, 0.3) is 5.69 Å². The average Bonchev–Trinajstić information content (AvgIpc) is 3.20. The van der Waals surface area contributed by atoms with E-state index in [9.17, 15) is 9.59 Å². The van der Waals surface area contributed by atoms with Crippen LogP contribution in [0.1, 0.15) is 21.6 Å². The van der Waals surface area contributed by atoms with Gasteiger partial charge in [0.1, 0.15) is 12.3 Å². The highest BCUT2D eigenvalue weighted by molar-refractivity contribution is 5.93. The number of methoxy groups -OCH3 is 1. The molecule has 7 heteroatoms. The molecule has 134 valence electrons. The van der Waals surface area contributed by atoms with Crippen LogP contribution in [0, 0.1) is 11.8 Å². The van der Waals surface area contributed by atoms with Crippen LogP contribution in [-0.2, 0) is 20.9 Å². The molecular formula is C20H15N3O4. The number of hydrogen-bond acceptors (Lipinski definition) is 6. The predicted molar refractivity (Wildman–Crippen MR) is 95.8 cm³/mol. The van der Waals surface area contributed by atoms with Gasteiger partial charge in [-0.2, -0.15) is 0 Å². The van der Waals surface area contributed by atoms with E-state index in [1.54, 1.807) is 42.6 Å². The third-order valence-electron chi connectivity index (χ3n) is 3.53. The third-order valence-corrected chi connectivity index (χ3v) is 3.53. The van der Waals surface area contributed by atoms with Crippen LogP contribution < -0.4 is 0 Å². The van der Waals surface area contributed by atoms with Crippen LogP contribution in [0.2, 0.25) is 0 Å². The third kappa shape index (κ3) is 4.58. The second kappa shape index (κ2) is 8.45. The van der Waals surface area contributed by atoms with Crippen molar-refractivity contribution in [3.63, 3.8) is 0 Å². The molecule has 0 atom stereocenters. The Balaban J connectivity index is 1.66. The van der Waals surface area contributed by atoms with Gasteiger partial charge >= 0.3 is 11.9 Å². The fraction of sp³-hybridized carbons (Fsp3) is 0.100. The molecule has 0 bridgehead atoms. The van der Waals surface area contributed by atoms with Gasteiger partial charge in [-0.3, -0.25) is 0 Å². The van der Waals surface area contributed by atoms with E-state index in [-0.39, 0.29) is 6.61 Å². The van der Waals surface area contributed by atoms with Crippen LogP contribution >= 0.6 is 0 Å². The van der Waals surface area contributed by atoms with E-state index in [0.29, 0.717) is 16.9 Å². The molecule has 3 aromatic rings. The van der Waals surface area contributed by atoms with E-state index in [2.05, 4.69) is 22.2 Å². The number of rotatable bonds is 4. The first kappa shape index (κ1) is 17.9. The van der Waals surface area contributed by atoms with Gasteiger partial charge in [0.05, 0.1) is 24.6 Å². The topological polar surface area (TPSA) is 83.3 Å². The molecular weight excluding hydrogens is 346 g/mol. The average molecular weight is 361 g/mol. The minimum absolute atomic E-state index is 0.0807. The van der Waals surface area contributed by atoms with Crippen LogP contribution in [0.15, 0.2) is 60.8 Å². The Morgan fingerprint density at radius 2 is 1.81 bits per heavy atom. The van der Waals surface area contributed by atoms with Crippen LogP contribution in [0.3, 0.4) is 0 Å². The van der Waals surface area contributed by atoms with Gasteiger partial charge in [0.15, 0.2) is 0 Å². The monoisotopic (exact) mass is 361 g/mol. The van der Waals surface area contributed by atoms with Crippen molar-refractivity contribution in [3.8, 4) is 17.5 Å². The summed E-state index contributed by atoms with van der Waals surface area (Å²) >= 11 is 0. The fourth-order valence-electron chi connectivity index (χ4n) is 2.26. The summed E-state index contributed by atoms with van der Waals surface area (Å²) in [6.07, 6.45) is 1.57. The van der Waals surface area contributed by atoms with Gasteiger partial charge < -0.3 is 9.47 Å². The highest BCUT2D eigenvalue weighted by atomic mass is 16.5. The van der Waals surface area contributed by atoms with E-state index in [1.807, 2.05) is 18.2 Å². The lowest BCUT2D eigenvalue weighted by Gasteiger charge is -2.06. The lowest BCUT2D eigenvalue weighted by Crippen LogP contribution is -2.08. The Kier molecular flexibility index (Phi) is 5.60. The summed E-state index contributed by atoms with van der Waals surface area (Å²) in [4.78, 5) is 23.6. The standard InChI is InChI=1S/C20H15N3O4/c1-26-20(25)17-9-5-6-10-18(17)23-13-16(21-22-23)14-27-19(24)12-11-15-7-3-2-4-8-15/h2-10,13H,14H2,1H3. The Bertz CT molecular complexity index is 1020. The van der Waals surface area contributed by atoms with Gasteiger partial charge in [0, 0.05) is 11.5 Å². The normalized spacial score (nSPS) is 9.81. The minimum atomic E-state index is -0.664. The van der Waals surface area contributed by atoms with Crippen molar-refractivity contribution in [2.45, 2.75) is 6.61 Å². The number of nitrogens with zero attached hydrogens (tertiary/aromatic N) is 3. The highest BCUT2D eigenvalue weighted by Crippen LogP contribution is 2.15. The van der Waals surface area contributed by atoms with Crippen molar-refractivity contribution in [3.05, 3.63) is 77.6 Å². The number of para-hydroxylation sites is 1. The van der Waals surface area contributed by atoms with Gasteiger partial charge in [0.2, 0.25) is 0 Å². The number of carbonyl (C=O) groups is 2. The second-order valence-corrected chi connectivity index (χ2v) is 5.36. The zero-order valence-electron chi connectivity index (χ0n) is 14.5. The number of carbonyl (C=O) groups excluding carboxylic acids is 2. The maximum atomic E-state index is 11.8. The molecule has 0 N–H and O–H groups in total. The first-order valence-corrected chi connectivity index (χ1v) is 8.00. The largest absolute Gasteiger partial charge is 0.465 e. The first-order chi connectivity index (χ1) is 13.2. The lowest BCUT2D eigenvalue weighted by molar-refractivity contribution is -0.138. The fourth-order valence-corrected chi connectivity index (χ4v) is 2.26. The van der Waals surface area contributed by atoms with Crippen molar-refractivity contribution in [2.75, 3.05) is 7.11 Å². The molecule has 0 saturated heterocycles. The molecule has 3 rings (SSSR count). The lowest BCUT2D eigenvalue weighted by atomic mass is 10.2. The zero-order chi connectivity index (χ0) is 19.1. The second-order valence-electron chi connectivity index (χ2n) is 5.36. The molecule has 2 aromatic carbocycles. The quantitative estimate of drug-likeness (QED) is 0.523. The van der Waals surface area contributed by atoms with Crippen molar-refractivity contribution < 1.29 is 19.1 Å². The molecule has 0 fully saturated rings. The Morgan fingerprint density at radius 3 is 2.59 bits per heavy atom. The number of hydrogen-bond donors (Lipinski definition) is 0. The minimum Gasteiger partial charge on any atom is -0.465 e. The number of benzene rings is 2. The number of ether oxygens (including phenoxy) is 2. The van der Waals surface area contributed by atoms with Crippen molar-refractivity contribution in [1.29, 1.82) is 0 Å². The summed E-state index contributed by atoms with van der Waals surface area (Å²) in [6, 6.07) is 16.0. The molecule has 0 radical (unpaired) electrons. The molecule has 1 aromatic heterocycles. The molecule has 0 aliphatic carbocycles. The predicted octanol–water partition coefficient (Wildman–Crippen LogP) is 2.15. The van der Waals surface area contributed by atoms with E-state index in [1.165, 1.54) is 11.8 Å². The molecule has 0 unspecified atom stereocenters. The molecule has 1 heterocycles. The Hall–Kier alpha value is -3.92. The zero-order valence-corrected chi connectivity index (χ0v) is 14.5. The maximum Gasteiger partial charge on any atom is 0.385 e. The molecule has 0 saturated carbocycles.